The number of benzene rings is 1. The Morgan fingerprint density at radius 3 is 2.87 bits per heavy atom. The van der Waals surface area contributed by atoms with Crippen molar-refractivity contribution in [2.24, 2.45) is 0 Å². The number of aryl methyl sites for hydroxylation is 1. The van der Waals surface area contributed by atoms with E-state index in [9.17, 15) is 0 Å². The zero-order chi connectivity index (χ0) is 16.4. The van der Waals surface area contributed by atoms with Crippen LogP contribution in [0.3, 0.4) is 0 Å². The molecule has 1 atom stereocenters. The van der Waals surface area contributed by atoms with Gasteiger partial charge in [-0.25, -0.2) is 0 Å². The first-order chi connectivity index (χ1) is 11.1. The van der Waals surface area contributed by atoms with Gasteiger partial charge in [0.15, 0.2) is 0 Å². The zero-order valence-corrected chi connectivity index (χ0v) is 14.2. The third-order valence-electron chi connectivity index (χ3n) is 4.41. The van der Waals surface area contributed by atoms with Crippen molar-refractivity contribution in [3.05, 3.63) is 40.2 Å². The van der Waals surface area contributed by atoms with Crippen LogP contribution in [-0.4, -0.2) is 22.5 Å². The third kappa shape index (κ3) is 3.26. The molecule has 5 heteroatoms. The summed E-state index contributed by atoms with van der Waals surface area (Å²) in [4.78, 5) is 0. The normalized spacial score (nSPS) is 17.9. The van der Waals surface area contributed by atoms with Gasteiger partial charge in [0.1, 0.15) is 6.07 Å². The zero-order valence-electron chi connectivity index (χ0n) is 13.5. The van der Waals surface area contributed by atoms with Gasteiger partial charge in [-0.05, 0) is 50.8 Å². The summed E-state index contributed by atoms with van der Waals surface area (Å²) in [6, 6.07) is 7.63. The summed E-state index contributed by atoms with van der Waals surface area (Å²) in [5, 5.41) is 14.2. The Bertz CT molecular complexity index is 754. The van der Waals surface area contributed by atoms with Crippen LogP contribution in [0.4, 0.5) is 0 Å². The molecule has 0 bridgehead atoms. The molecule has 0 saturated carbocycles. The first kappa shape index (κ1) is 16.0. The van der Waals surface area contributed by atoms with Gasteiger partial charge in [-0.1, -0.05) is 17.7 Å². The molecule has 0 amide bonds. The molecule has 120 valence electrons. The monoisotopic (exact) mass is 329 g/mol. The Hall–Kier alpha value is -1.83. The number of nitriles is 1. The highest BCUT2D eigenvalue weighted by Gasteiger charge is 2.19. The van der Waals surface area contributed by atoms with Crippen LogP contribution in [0.15, 0.2) is 18.2 Å². The topological polar surface area (TPSA) is 50.8 Å². The minimum absolute atomic E-state index is 0.249. The van der Waals surface area contributed by atoms with Crippen molar-refractivity contribution in [2.45, 2.75) is 45.8 Å². The summed E-state index contributed by atoms with van der Waals surface area (Å²) < 4.78 is 7.86. The van der Waals surface area contributed by atoms with E-state index in [1.165, 1.54) is 6.42 Å². The molecule has 0 aliphatic carbocycles. The molecule has 1 aliphatic rings. The van der Waals surface area contributed by atoms with E-state index >= 15 is 0 Å². The molecule has 1 aromatic heterocycles. The highest BCUT2D eigenvalue weighted by Crippen LogP contribution is 2.30. The lowest BCUT2D eigenvalue weighted by atomic mass is 10.0. The minimum Gasteiger partial charge on any atom is -0.376 e. The first-order valence-corrected chi connectivity index (χ1v) is 8.33. The standard InChI is InChI=1S/C18H20ClN3O/c1-12-18(14-6-7-15(10-20)17(19)9-14)13(2)22(21-12)11-16-5-3-4-8-23-16/h6-7,9,16H,3-5,8,11H2,1-2H3. The Morgan fingerprint density at radius 2 is 2.22 bits per heavy atom. The summed E-state index contributed by atoms with van der Waals surface area (Å²) in [6.07, 6.45) is 3.72. The lowest BCUT2D eigenvalue weighted by Crippen LogP contribution is -2.25. The van der Waals surface area contributed by atoms with Crippen molar-refractivity contribution in [3.8, 4) is 17.2 Å². The molecule has 4 nitrogen and oxygen atoms in total. The predicted octanol–water partition coefficient (Wildman–Crippen LogP) is 4.26. The van der Waals surface area contributed by atoms with E-state index in [0.29, 0.717) is 10.6 Å². The fourth-order valence-corrected chi connectivity index (χ4v) is 3.42. The van der Waals surface area contributed by atoms with E-state index in [4.69, 9.17) is 21.6 Å². The predicted molar refractivity (Wildman–Crippen MR) is 90.5 cm³/mol. The highest BCUT2D eigenvalue weighted by atomic mass is 35.5. The SMILES string of the molecule is Cc1nn(CC2CCCCO2)c(C)c1-c1ccc(C#N)c(Cl)c1. The molecule has 1 unspecified atom stereocenters. The maximum absolute atomic E-state index is 9.01. The molecule has 1 saturated heterocycles. The molecule has 0 spiro atoms. The maximum Gasteiger partial charge on any atom is 0.101 e. The number of aromatic nitrogens is 2. The van der Waals surface area contributed by atoms with E-state index < -0.39 is 0 Å². The fourth-order valence-electron chi connectivity index (χ4n) is 3.20. The molecular weight excluding hydrogens is 310 g/mol. The van der Waals surface area contributed by atoms with Crippen LogP contribution in [0, 0.1) is 25.2 Å². The molecular formula is C18H20ClN3O. The van der Waals surface area contributed by atoms with Crippen LogP contribution >= 0.6 is 11.6 Å². The summed E-state index contributed by atoms with van der Waals surface area (Å²) >= 11 is 6.18. The first-order valence-electron chi connectivity index (χ1n) is 7.95. The summed E-state index contributed by atoms with van der Waals surface area (Å²) in [6.45, 7) is 5.72. The van der Waals surface area contributed by atoms with E-state index in [1.807, 2.05) is 23.7 Å². The Morgan fingerprint density at radius 1 is 1.39 bits per heavy atom. The van der Waals surface area contributed by atoms with Crippen LogP contribution in [0.25, 0.3) is 11.1 Å². The lowest BCUT2D eigenvalue weighted by molar-refractivity contribution is 0.00363. The number of ether oxygens (including phenoxy) is 1. The number of hydrogen-bond donors (Lipinski definition) is 0. The van der Waals surface area contributed by atoms with Crippen molar-refractivity contribution in [3.63, 3.8) is 0 Å². The van der Waals surface area contributed by atoms with Gasteiger partial charge in [-0.3, -0.25) is 4.68 Å². The molecule has 3 rings (SSSR count). The second-order valence-corrected chi connectivity index (χ2v) is 6.43. The molecule has 2 aromatic rings. The molecule has 2 heterocycles. The fraction of sp³-hybridized carbons (Fsp3) is 0.444. The van der Waals surface area contributed by atoms with Gasteiger partial charge in [0.25, 0.3) is 0 Å². The van der Waals surface area contributed by atoms with Gasteiger partial charge in [-0.2, -0.15) is 10.4 Å². The number of nitrogens with zero attached hydrogens (tertiary/aromatic N) is 3. The van der Waals surface area contributed by atoms with E-state index in [0.717, 1.165) is 48.5 Å². The van der Waals surface area contributed by atoms with Gasteiger partial charge >= 0.3 is 0 Å². The minimum atomic E-state index is 0.249. The van der Waals surface area contributed by atoms with E-state index in [2.05, 4.69) is 18.1 Å². The Kier molecular flexibility index (Phi) is 4.70. The van der Waals surface area contributed by atoms with Gasteiger partial charge in [0.2, 0.25) is 0 Å². The number of halogens is 1. The number of rotatable bonds is 3. The maximum atomic E-state index is 9.01. The summed E-state index contributed by atoms with van der Waals surface area (Å²) in [5.74, 6) is 0. The van der Waals surface area contributed by atoms with Crippen molar-refractivity contribution in [2.75, 3.05) is 6.61 Å². The smallest absolute Gasteiger partial charge is 0.101 e. The highest BCUT2D eigenvalue weighted by molar-refractivity contribution is 6.32. The summed E-state index contributed by atoms with van der Waals surface area (Å²) in [5.41, 5.74) is 4.66. The largest absolute Gasteiger partial charge is 0.376 e. The Balaban J connectivity index is 1.91. The van der Waals surface area contributed by atoms with Gasteiger partial charge < -0.3 is 4.74 Å². The van der Waals surface area contributed by atoms with Crippen LogP contribution in [0.1, 0.15) is 36.2 Å². The average Bonchev–Trinajstić information content (AvgIpc) is 2.82. The van der Waals surface area contributed by atoms with Crippen LogP contribution in [0.2, 0.25) is 5.02 Å². The van der Waals surface area contributed by atoms with Crippen molar-refractivity contribution < 1.29 is 4.74 Å². The third-order valence-corrected chi connectivity index (χ3v) is 4.72. The van der Waals surface area contributed by atoms with Crippen molar-refractivity contribution >= 4 is 11.6 Å². The quantitative estimate of drug-likeness (QED) is 0.845. The number of hydrogen-bond acceptors (Lipinski definition) is 3. The molecule has 0 radical (unpaired) electrons. The van der Waals surface area contributed by atoms with E-state index in [1.54, 1.807) is 6.07 Å². The van der Waals surface area contributed by atoms with Gasteiger partial charge in [0, 0.05) is 17.9 Å². The van der Waals surface area contributed by atoms with Gasteiger partial charge in [0.05, 0.1) is 28.9 Å². The lowest BCUT2D eigenvalue weighted by Gasteiger charge is -2.23. The average molecular weight is 330 g/mol. The Labute approximate surface area is 141 Å². The van der Waals surface area contributed by atoms with Gasteiger partial charge in [-0.15, -0.1) is 0 Å². The second-order valence-electron chi connectivity index (χ2n) is 6.02. The van der Waals surface area contributed by atoms with E-state index in [-0.39, 0.29) is 6.10 Å². The van der Waals surface area contributed by atoms with Crippen LogP contribution in [0.5, 0.6) is 0 Å². The van der Waals surface area contributed by atoms with Crippen LogP contribution in [-0.2, 0) is 11.3 Å². The molecule has 1 aromatic carbocycles. The van der Waals surface area contributed by atoms with Crippen molar-refractivity contribution in [1.29, 1.82) is 5.26 Å². The molecule has 23 heavy (non-hydrogen) atoms. The molecule has 0 N–H and O–H groups in total. The molecule has 1 aliphatic heterocycles. The van der Waals surface area contributed by atoms with Crippen molar-refractivity contribution in [1.82, 2.24) is 9.78 Å². The van der Waals surface area contributed by atoms with Crippen LogP contribution < -0.4 is 0 Å². The second kappa shape index (κ2) is 6.74. The summed E-state index contributed by atoms with van der Waals surface area (Å²) in [7, 11) is 0. The molecule has 1 fully saturated rings.